The van der Waals surface area contributed by atoms with Gasteiger partial charge < -0.3 is 20.1 Å². The Bertz CT molecular complexity index is 751. The monoisotopic (exact) mass is 460 g/mol. The molecule has 3 rings (SSSR count). The highest BCUT2D eigenvalue weighted by Crippen LogP contribution is 2.62. The van der Waals surface area contributed by atoms with E-state index in [9.17, 15) is 15.3 Å². The highest BCUT2D eigenvalue weighted by atomic mass is 16.5. The number of aliphatic hydroxyl groups is 3. The summed E-state index contributed by atoms with van der Waals surface area (Å²) in [5.74, 6) is 1.18. The van der Waals surface area contributed by atoms with Crippen LogP contribution in [0, 0.1) is 22.7 Å². The van der Waals surface area contributed by atoms with E-state index in [1.54, 1.807) is 5.57 Å². The lowest BCUT2D eigenvalue weighted by Gasteiger charge is -2.48. The third-order valence-corrected chi connectivity index (χ3v) is 9.18. The van der Waals surface area contributed by atoms with E-state index in [0.29, 0.717) is 31.3 Å². The van der Waals surface area contributed by atoms with E-state index < -0.39 is 5.60 Å². The van der Waals surface area contributed by atoms with Crippen molar-refractivity contribution in [3.8, 4) is 0 Å². The van der Waals surface area contributed by atoms with Crippen molar-refractivity contribution < 1.29 is 20.1 Å². The van der Waals surface area contributed by atoms with Crippen LogP contribution in [0.4, 0.5) is 0 Å². The van der Waals surface area contributed by atoms with Gasteiger partial charge in [-0.1, -0.05) is 57.6 Å². The van der Waals surface area contributed by atoms with Crippen molar-refractivity contribution in [2.75, 3.05) is 19.8 Å². The highest BCUT2D eigenvalue weighted by Gasteiger charge is 2.54. The fraction of sp³-hybridized carbons (Fsp3) is 0.793. The summed E-state index contributed by atoms with van der Waals surface area (Å²) in [7, 11) is 0. The van der Waals surface area contributed by atoms with E-state index in [2.05, 4.69) is 39.5 Å². The van der Waals surface area contributed by atoms with Gasteiger partial charge in [-0.2, -0.15) is 0 Å². The first-order chi connectivity index (χ1) is 15.5. The maximum atomic E-state index is 10.6. The predicted octanol–water partition coefficient (Wildman–Crippen LogP) is 5.72. The topological polar surface area (TPSA) is 69.9 Å². The van der Waals surface area contributed by atoms with Crippen molar-refractivity contribution in [1.29, 1.82) is 0 Å². The number of fused-ring (bicyclic) bond motifs is 1. The molecule has 188 valence electrons. The molecule has 3 aliphatic rings. The van der Waals surface area contributed by atoms with E-state index in [0.717, 1.165) is 19.3 Å². The summed E-state index contributed by atoms with van der Waals surface area (Å²) in [5.41, 5.74) is 3.35. The van der Waals surface area contributed by atoms with Crippen LogP contribution in [-0.2, 0) is 4.74 Å². The summed E-state index contributed by atoms with van der Waals surface area (Å²) in [6, 6.07) is 0. The van der Waals surface area contributed by atoms with Crippen molar-refractivity contribution in [2.24, 2.45) is 22.7 Å². The fourth-order valence-corrected chi connectivity index (χ4v) is 7.08. The molecule has 0 spiro atoms. The average Bonchev–Trinajstić information content (AvgIpc) is 3.13. The van der Waals surface area contributed by atoms with Gasteiger partial charge in [0.2, 0.25) is 0 Å². The molecule has 0 aliphatic heterocycles. The third-order valence-electron chi connectivity index (χ3n) is 9.18. The molecule has 0 aromatic carbocycles. The second kappa shape index (κ2) is 10.8. The van der Waals surface area contributed by atoms with Gasteiger partial charge in [-0.15, -0.1) is 0 Å². The molecule has 0 aromatic heterocycles. The predicted molar refractivity (Wildman–Crippen MR) is 135 cm³/mol. The first-order valence-corrected chi connectivity index (χ1v) is 13.2. The summed E-state index contributed by atoms with van der Waals surface area (Å²) < 4.78 is 6.10. The molecule has 0 radical (unpaired) electrons. The van der Waals surface area contributed by atoms with Gasteiger partial charge in [-0.05, 0) is 86.0 Å². The minimum absolute atomic E-state index is 0.0168. The number of ether oxygens (including phenoxy) is 1. The van der Waals surface area contributed by atoms with Crippen LogP contribution in [0.2, 0.25) is 0 Å². The van der Waals surface area contributed by atoms with E-state index in [1.165, 1.54) is 43.3 Å². The maximum absolute atomic E-state index is 10.6. The van der Waals surface area contributed by atoms with E-state index >= 15 is 0 Å². The third kappa shape index (κ3) is 6.01. The van der Waals surface area contributed by atoms with Gasteiger partial charge in [-0.3, -0.25) is 0 Å². The van der Waals surface area contributed by atoms with E-state index in [4.69, 9.17) is 4.74 Å². The zero-order valence-corrected chi connectivity index (χ0v) is 21.5. The molecule has 3 N–H and O–H groups in total. The smallest absolute Gasteiger partial charge is 0.0899 e. The molecular weight excluding hydrogens is 412 g/mol. The first kappa shape index (κ1) is 26.7. The van der Waals surface area contributed by atoms with Crippen LogP contribution in [0.3, 0.4) is 0 Å². The van der Waals surface area contributed by atoms with Crippen LogP contribution in [-0.4, -0.2) is 46.8 Å². The molecule has 5 atom stereocenters. The summed E-state index contributed by atoms with van der Waals surface area (Å²) >= 11 is 0. The Morgan fingerprint density at radius 2 is 1.91 bits per heavy atom. The summed E-state index contributed by atoms with van der Waals surface area (Å²) in [5, 5.41) is 30.0. The lowest BCUT2D eigenvalue weighted by Crippen LogP contribution is -2.43. The van der Waals surface area contributed by atoms with Gasteiger partial charge in [0.05, 0.1) is 24.9 Å². The molecule has 33 heavy (non-hydrogen) atoms. The van der Waals surface area contributed by atoms with Gasteiger partial charge in [0.1, 0.15) is 0 Å². The molecule has 4 heteroatoms. The van der Waals surface area contributed by atoms with Crippen molar-refractivity contribution in [3.05, 3.63) is 35.5 Å². The van der Waals surface area contributed by atoms with Crippen molar-refractivity contribution in [3.63, 3.8) is 0 Å². The van der Waals surface area contributed by atoms with E-state index in [-0.39, 0.29) is 30.1 Å². The number of aliphatic hydroxyl groups excluding tert-OH is 2. The van der Waals surface area contributed by atoms with Crippen molar-refractivity contribution >= 4 is 0 Å². The number of allylic oxidation sites excluding steroid dienone is 4. The second-order valence-corrected chi connectivity index (χ2v) is 12.0. The van der Waals surface area contributed by atoms with Crippen LogP contribution in [0.1, 0.15) is 91.9 Å². The SMILES string of the molecule is C=C1CC[C@H](O)C/C1=C/C=C1CCC[C@@]2(C)C1CC[C@@H]2C(C)(C)COCC(O)(CC)CCO. The van der Waals surface area contributed by atoms with Gasteiger partial charge in [0.25, 0.3) is 0 Å². The molecule has 3 fully saturated rings. The number of hydrogen-bond donors (Lipinski definition) is 3. The summed E-state index contributed by atoms with van der Waals surface area (Å²) in [6.07, 6.45) is 13.9. The molecule has 0 amide bonds. The quantitative estimate of drug-likeness (QED) is 0.411. The Hall–Kier alpha value is -0.940. The molecule has 0 aromatic rings. The Kier molecular flexibility index (Phi) is 8.70. The molecule has 0 saturated heterocycles. The lowest BCUT2D eigenvalue weighted by atomic mass is 9.58. The van der Waals surface area contributed by atoms with Crippen LogP contribution in [0.5, 0.6) is 0 Å². The van der Waals surface area contributed by atoms with Crippen LogP contribution in [0.15, 0.2) is 35.5 Å². The zero-order valence-electron chi connectivity index (χ0n) is 21.5. The van der Waals surface area contributed by atoms with Crippen molar-refractivity contribution in [2.45, 2.75) is 104 Å². The molecule has 0 bridgehead atoms. The maximum Gasteiger partial charge on any atom is 0.0899 e. The Balaban J connectivity index is 1.70. The largest absolute Gasteiger partial charge is 0.396 e. The lowest BCUT2D eigenvalue weighted by molar-refractivity contribution is -0.0922. The number of rotatable bonds is 9. The summed E-state index contributed by atoms with van der Waals surface area (Å²) in [4.78, 5) is 0. The van der Waals surface area contributed by atoms with E-state index in [1.807, 2.05) is 6.92 Å². The normalized spacial score (nSPS) is 35.1. The minimum atomic E-state index is -0.933. The molecule has 4 nitrogen and oxygen atoms in total. The Morgan fingerprint density at radius 3 is 2.61 bits per heavy atom. The standard InChI is InChI=1S/C29H48O4/c1-6-29(32,16-17-30)20-33-19-27(3,4)26-14-13-25-22(8-7-15-28(25,26)5)10-11-23-18-24(31)12-9-21(23)2/h10-11,24-26,30-32H,2,6-9,12-20H2,1,3-5H3/b22-10?,23-11-/t24-,25?,26+,28-,29?/m0/s1. The second-order valence-electron chi connectivity index (χ2n) is 12.0. The van der Waals surface area contributed by atoms with Crippen LogP contribution < -0.4 is 0 Å². The zero-order chi connectivity index (χ0) is 24.3. The minimum Gasteiger partial charge on any atom is -0.396 e. The average molecular weight is 461 g/mol. The summed E-state index contributed by atoms with van der Waals surface area (Å²) in [6.45, 7) is 14.2. The molecule has 0 heterocycles. The highest BCUT2D eigenvalue weighted by molar-refractivity contribution is 5.36. The first-order valence-electron chi connectivity index (χ1n) is 13.2. The van der Waals surface area contributed by atoms with Crippen LogP contribution >= 0.6 is 0 Å². The fourth-order valence-electron chi connectivity index (χ4n) is 7.08. The van der Waals surface area contributed by atoms with Gasteiger partial charge in [-0.25, -0.2) is 0 Å². The van der Waals surface area contributed by atoms with Crippen LogP contribution in [0.25, 0.3) is 0 Å². The van der Waals surface area contributed by atoms with Gasteiger partial charge >= 0.3 is 0 Å². The molecule has 3 aliphatic carbocycles. The Labute approximate surface area is 201 Å². The van der Waals surface area contributed by atoms with Gasteiger partial charge in [0.15, 0.2) is 0 Å². The van der Waals surface area contributed by atoms with Gasteiger partial charge in [0, 0.05) is 13.0 Å². The molecule has 2 unspecified atom stereocenters. The Morgan fingerprint density at radius 1 is 1.15 bits per heavy atom. The molecular formula is C29H48O4. The molecule has 3 saturated carbocycles. The number of hydrogen-bond acceptors (Lipinski definition) is 4. The van der Waals surface area contributed by atoms with Crippen molar-refractivity contribution in [1.82, 2.24) is 0 Å².